The van der Waals surface area contributed by atoms with Crippen LogP contribution >= 0.6 is 0 Å². The van der Waals surface area contributed by atoms with Crippen LogP contribution in [0.1, 0.15) is 42.8 Å². The molecule has 0 radical (unpaired) electrons. The minimum absolute atomic E-state index is 0.159. The van der Waals surface area contributed by atoms with Crippen LogP contribution in [0.25, 0.3) is 0 Å². The summed E-state index contributed by atoms with van der Waals surface area (Å²) >= 11 is 0. The number of nitrogens with one attached hydrogen (secondary N) is 1. The number of hydrogen-bond acceptors (Lipinski definition) is 4. The number of hydrogen-bond donors (Lipinski definition) is 1. The highest BCUT2D eigenvalue weighted by Gasteiger charge is 2.29. The topological polar surface area (TPSA) is 52.0 Å². The Morgan fingerprint density at radius 3 is 3.04 bits per heavy atom. The highest BCUT2D eigenvalue weighted by atomic mass is 16.5. The zero-order chi connectivity index (χ0) is 16.8. The van der Waals surface area contributed by atoms with Gasteiger partial charge in [-0.3, -0.25) is 9.67 Å². The molecule has 1 saturated heterocycles. The normalized spacial score (nSPS) is 21.1. The molecule has 0 saturated carbocycles. The molecule has 1 aliphatic rings. The molecule has 1 fully saturated rings. The molecule has 3 heterocycles. The fourth-order valence-corrected chi connectivity index (χ4v) is 3.38. The highest BCUT2D eigenvalue weighted by molar-refractivity contribution is 5.12. The highest BCUT2D eigenvalue weighted by Crippen LogP contribution is 2.33. The Kier molecular flexibility index (Phi) is 5.99. The average molecular weight is 328 g/mol. The first-order valence-electron chi connectivity index (χ1n) is 9.03. The van der Waals surface area contributed by atoms with Gasteiger partial charge in [0.2, 0.25) is 0 Å². The Labute approximate surface area is 144 Å². The summed E-state index contributed by atoms with van der Waals surface area (Å²) in [5, 5.41) is 7.99. The van der Waals surface area contributed by atoms with Gasteiger partial charge in [-0.2, -0.15) is 5.10 Å². The molecule has 130 valence electrons. The summed E-state index contributed by atoms with van der Waals surface area (Å²) in [4.78, 5) is 4.46. The molecule has 0 spiro atoms. The van der Waals surface area contributed by atoms with E-state index < -0.39 is 0 Å². The maximum Gasteiger partial charge on any atom is 0.103 e. The summed E-state index contributed by atoms with van der Waals surface area (Å²) in [5.74, 6) is 0.506. The van der Waals surface area contributed by atoms with Gasteiger partial charge in [-0.25, -0.2) is 0 Å². The molecule has 0 amide bonds. The SMILES string of the molecule is CCn1nccc1[C@@H]1OCCC[C@H]1CNCCc1ccc(C)cn1. The molecular weight excluding hydrogens is 300 g/mol. The summed E-state index contributed by atoms with van der Waals surface area (Å²) in [7, 11) is 0. The molecule has 2 aromatic heterocycles. The Hall–Kier alpha value is -1.72. The fourth-order valence-electron chi connectivity index (χ4n) is 3.38. The van der Waals surface area contributed by atoms with E-state index in [0.29, 0.717) is 5.92 Å². The predicted molar refractivity (Wildman–Crippen MR) is 94.9 cm³/mol. The Bertz CT molecular complexity index is 623. The van der Waals surface area contributed by atoms with E-state index in [9.17, 15) is 0 Å². The number of aromatic nitrogens is 3. The Balaban J connectivity index is 1.52. The molecule has 0 aliphatic carbocycles. The summed E-state index contributed by atoms with van der Waals surface area (Å²) in [6, 6.07) is 6.34. The van der Waals surface area contributed by atoms with Crippen molar-refractivity contribution in [1.82, 2.24) is 20.1 Å². The Morgan fingerprint density at radius 1 is 1.33 bits per heavy atom. The van der Waals surface area contributed by atoms with Gasteiger partial charge in [0.1, 0.15) is 6.10 Å². The van der Waals surface area contributed by atoms with Gasteiger partial charge in [-0.1, -0.05) is 6.07 Å². The van der Waals surface area contributed by atoms with Gasteiger partial charge >= 0.3 is 0 Å². The molecule has 2 aromatic rings. The van der Waals surface area contributed by atoms with Crippen molar-refractivity contribution >= 4 is 0 Å². The molecule has 0 bridgehead atoms. The lowest BCUT2D eigenvalue weighted by Crippen LogP contribution is -2.33. The summed E-state index contributed by atoms with van der Waals surface area (Å²) in [5.41, 5.74) is 3.57. The summed E-state index contributed by atoms with van der Waals surface area (Å²) < 4.78 is 8.15. The quantitative estimate of drug-likeness (QED) is 0.794. The van der Waals surface area contributed by atoms with E-state index >= 15 is 0 Å². The maximum atomic E-state index is 6.09. The van der Waals surface area contributed by atoms with E-state index in [1.165, 1.54) is 17.7 Å². The minimum atomic E-state index is 0.159. The predicted octanol–water partition coefficient (Wildman–Crippen LogP) is 2.91. The number of pyridine rings is 1. The molecule has 0 unspecified atom stereocenters. The smallest absolute Gasteiger partial charge is 0.103 e. The second kappa shape index (κ2) is 8.40. The third-order valence-electron chi connectivity index (χ3n) is 4.72. The van der Waals surface area contributed by atoms with Crippen molar-refractivity contribution in [2.24, 2.45) is 5.92 Å². The van der Waals surface area contributed by atoms with Crippen molar-refractivity contribution in [3.63, 3.8) is 0 Å². The van der Waals surface area contributed by atoms with Crippen LogP contribution in [0, 0.1) is 12.8 Å². The van der Waals surface area contributed by atoms with Gasteiger partial charge in [0.25, 0.3) is 0 Å². The standard InChI is InChI=1S/C19H28N4O/c1-3-23-18(9-11-22-23)19-16(5-4-12-24-19)14-20-10-8-17-7-6-15(2)13-21-17/h6-7,9,11,13,16,19-20H,3-5,8,10,12,14H2,1-2H3/t16-,19+/m0/s1. The van der Waals surface area contributed by atoms with Gasteiger partial charge < -0.3 is 10.1 Å². The lowest BCUT2D eigenvalue weighted by atomic mass is 9.92. The number of ether oxygens (including phenoxy) is 1. The van der Waals surface area contributed by atoms with E-state index in [-0.39, 0.29) is 6.10 Å². The molecule has 5 heteroatoms. The first-order chi connectivity index (χ1) is 11.8. The monoisotopic (exact) mass is 328 g/mol. The van der Waals surface area contributed by atoms with Crippen LogP contribution in [0.2, 0.25) is 0 Å². The number of nitrogens with zero attached hydrogens (tertiary/aromatic N) is 3. The zero-order valence-corrected chi connectivity index (χ0v) is 14.7. The van der Waals surface area contributed by atoms with Crippen molar-refractivity contribution in [2.45, 2.75) is 45.8 Å². The van der Waals surface area contributed by atoms with E-state index in [4.69, 9.17) is 4.74 Å². The van der Waals surface area contributed by atoms with Crippen LogP contribution in [-0.2, 0) is 17.7 Å². The molecule has 24 heavy (non-hydrogen) atoms. The van der Waals surface area contributed by atoms with Crippen LogP contribution in [0.4, 0.5) is 0 Å². The van der Waals surface area contributed by atoms with Crippen molar-refractivity contribution in [1.29, 1.82) is 0 Å². The Morgan fingerprint density at radius 2 is 2.25 bits per heavy atom. The zero-order valence-electron chi connectivity index (χ0n) is 14.7. The summed E-state index contributed by atoms with van der Waals surface area (Å²) in [6.45, 7) is 7.86. The second-order valence-corrected chi connectivity index (χ2v) is 6.55. The molecule has 1 N–H and O–H groups in total. The first-order valence-corrected chi connectivity index (χ1v) is 9.03. The van der Waals surface area contributed by atoms with Crippen LogP contribution < -0.4 is 5.32 Å². The van der Waals surface area contributed by atoms with Crippen LogP contribution in [-0.4, -0.2) is 34.5 Å². The molecule has 1 aliphatic heterocycles. The van der Waals surface area contributed by atoms with E-state index in [1.54, 1.807) is 0 Å². The fraction of sp³-hybridized carbons (Fsp3) is 0.579. The van der Waals surface area contributed by atoms with E-state index in [0.717, 1.165) is 44.8 Å². The molecule has 0 aromatic carbocycles. The third kappa shape index (κ3) is 4.22. The lowest BCUT2D eigenvalue weighted by Gasteiger charge is -2.32. The molecular formula is C19H28N4O. The van der Waals surface area contributed by atoms with E-state index in [2.05, 4.69) is 52.1 Å². The van der Waals surface area contributed by atoms with Gasteiger partial charge in [0.15, 0.2) is 0 Å². The van der Waals surface area contributed by atoms with E-state index in [1.807, 2.05) is 12.4 Å². The molecule has 3 rings (SSSR count). The van der Waals surface area contributed by atoms with Gasteiger partial charge in [-0.05, 0) is 44.4 Å². The number of aryl methyl sites for hydroxylation is 2. The van der Waals surface area contributed by atoms with Crippen molar-refractivity contribution in [3.05, 3.63) is 47.5 Å². The average Bonchev–Trinajstić information content (AvgIpc) is 3.09. The van der Waals surface area contributed by atoms with Crippen molar-refractivity contribution in [2.75, 3.05) is 19.7 Å². The molecule has 5 nitrogen and oxygen atoms in total. The van der Waals surface area contributed by atoms with Crippen molar-refractivity contribution < 1.29 is 4.74 Å². The second-order valence-electron chi connectivity index (χ2n) is 6.55. The first kappa shape index (κ1) is 17.1. The van der Waals surface area contributed by atoms with Crippen LogP contribution in [0.15, 0.2) is 30.6 Å². The van der Waals surface area contributed by atoms with Gasteiger partial charge in [-0.15, -0.1) is 0 Å². The van der Waals surface area contributed by atoms with Gasteiger partial charge in [0.05, 0.1) is 5.69 Å². The third-order valence-corrected chi connectivity index (χ3v) is 4.72. The van der Waals surface area contributed by atoms with Crippen molar-refractivity contribution in [3.8, 4) is 0 Å². The summed E-state index contributed by atoms with van der Waals surface area (Å²) in [6.07, 6.45) is 7.28. The minimum Gasteiger partial charge on any atom is -0.372 e. The number of rotatable bonds is 7. The molecule has 2 atom stereocenters. The largest absolute Gasteiger partial charge is 0.372 e. The van der Waals surface area contributed by atoms with Crippen LogP contribution in [0.5, 0.6) is 0 Å². The van der Waals surface area contributed by atoms with Gasteiger partial charge in [0, 0.05) is 56.7 Å². The van der Waals surface area contributed by atoms with Crippen LogP contribution in [0.3, 0.4) is 0 Å². The maximum absolute atomic E-state index is 6.09. The lowest BCUT2D eigenvalue weighted by molar-refractivity contribution is -0.0325.